The first-order valence-electron chi connectivity index (χ1n) is 8.37. The average Bonchev–Trinajstić information content (AvgIpc) is 2.68. The number of carboxylic acids is 1. The van der Waals surface area contributed by atoms with Crippen molar-refractivity contribution in [3.63, 3.8) is 0 Å². The van der Waals surface area contributed by atoms with E-state index in [1.807, 2.05) is 30.3 Å². The highest BCUT2D eigenvalue weighted by Gasteiger charge is 2.40. The minimum absolute atomic E-state index is 0.0377. The summed E-state index contributed by atoms with van der Waals surface area (Å²) in [5, 5.41) is 12.2. The molecule has 1 aromatic heterocycles. The number of rotatable bonds is 6. The van der Waals surface area contributed by atoms with Gasteiger partial charge < -0.3 is 19.9 Å². The van der Waals surface area contributed by atoms with Crippen LogP contribution in [0.4, 0.5) is 0 Å². The highest BCUT2D eigenvalue weighted by molar-refractivity contribution is 5.93. The van der Waals surface area contributed by atoms with E-state index >= 15 is 0 Å². The van der Waals surface area contributed by atoms with E-state index in [1.165, 1.54) is 12.3 Å². The van der Waals surface area contributed by atoms with Gasteiger partial charge >= 0.3 is 5.97 Å². The van der Waals surface area contributed by atoms with Crippen molar-refractivity contribution in [1.82, 2.24) is 10.3 Å². The van der Waals surface area contributed by atoms with E-state index in [0.29, 0.717) is 37.6 Å². The highest BCUT2D eigenvalue weighted by atomic mass is 16.5. The third kappa shape index (κ3) is 4.18. The van der Waals surface area contributed by atoms with Gasteiger partial charge in [0, 0.05) is 32.0 Å². The molecule has 0 aliphatic carbocycles. The van der Waals surface area contributed by atoms with Gasteiger partial charge in [-0.05, 0) is 31.0 Å². The molecule has 3 rings (SSSR count). The summed E-state index contributed by atoms with van der Waals surface area (Å²) < 4.78 is 10.9. The number of amides is 1. The SMILES string of the molecule is O=C(NCC1(C(=O)O)CCOCC1)c1cc(Oc2ccccc2)ccn1. The molecule has 1 aromatic carbocycles. The lowest BCUT2D eigenvalue weighted by Crippen LogP contribution is -2.46. The maximum Gasteiger partial charge on any atom is 0.311 e. The minimum Gasteiger partial charge on any atom is -0.481 e. The molecule has 1 aliphatic rings. The summed E-state index contributed by atoms with van der Waals surface area (Å²) in [4.78, 5) is 28.1. The van der Waals surface area contributed by atoms with Crippen LogP contribution in [0.3, 0.4) is 0 Å². The van der Waals surface area contributed by atoms with Crippen LogP contribution < -0.4 is 10.1 Å². The van der Waals surface area contributed by atoms with Crippen molar-refractivity contribution in [2.75, 3.05) is 19.8 Å². The molecule has 0 radical (unpaired) electrons. The molecule has 0 atom stereocenters. The van der Waals surface area contributed by atoms with E-state index in [0.717, 1.165) is 0 Å². The number of aliphatic carboxylic acids is 1. The van der Waals surface area contributed by atoms with Crippen LogP contribution in [-0.2, 0) is 9.53 Å². The summed E-state index contributed by atoms with van der Waals surface area (Å²) in [5.74, 6) is -0.224. The molecule has 2 heterocycles. The van der Waals surface area contributed by atoms with Crippen molar-refractivity contribution in [3.8, 4) is 11.5 Å². The monoisotopic (exact) mass is 356 g/mol. The Labute approximate surface area is 151 Å². The average molecular weight is 356 g/mol. The Morgan fingerprint density at radius 1 is 1.15 bits per heavy atom. The normalized spacial score (nSPS) is 15.8. The zero-order valence-electron chi connectivity index (χ0n) is 14.2. The lowest BCUT2D eigenvalue weighted by molar-refractivity contribution is -0.154. The zero-order chi connectivity index (χ0) is 18.4. The third-order valence-corrected chi connectivity index (χ3v) is 4.43. The summed E-state index contributed by atoms with van der Waals surface area (Å²) in [7, 11) is 0. The molecule has 1 saturated heterocycles. The molecule has 0 spiro atoms. The van der Waals surface area contributed by atoms with Crippen LogP contribution in [-0.4, -0.2) is 41.7 Å². The first kappa shape index (κ1) is 17.9. The van der Waals surface area contributed by atoms with Crippen molar-refractivity contribution in [1.29, 1.82) is 0 Å². The van der Waals surface area contributed by atoms with Gasteiger partial charge in [-0.3, -0.25) is 14.6 Å². The molecule has 0 unspecified atom stereocenters. The first-order valence-corrected chi connectivity index (χ1v) is 8.37. The Kier molecular flexibility index (Phi) is 5.48. The Hall–Kier alpha value is -2.93. The Morgan fingerprint density at radius 2 is 1.88 bits per heavy atom. The molecule has 0 bridgehead atoms. The maximum atomic E-state index is 12.4. The van der Waals surface area contributed by atoms with Crippen LogP contribution in [0.15, 0.2) is 48.7 Å². The van der Waals surface area contributed by atoms with Crippen LogP contribution >= 0.6 is 0 Å². The fourth-order valence-corrected chi connectivity index (χ4v) is 2.79. The lowest BCUT2D eigenvalue weighted by Gasteiger charge is -2.33. The summed E-state index contributed by atoms with van der Waals surface area (Å²) in [6.07, 6.45) is 2.22. The van der Waals surface area contributed by atoms with Gasteiger partial charge in [0.25, 0.3) is 5.91 Å². The number of hydrogen-bond donors (Lipinski definition) is 2. The Bertz CT molecular complexity index is 773. The van der Waals surface area contributed by atoms with E-state index in [9.17, 15) is 14.7 Å². The molecular weight excluding hydrogens is 336 g/mol. The smallest absolute Gasteiger partial charge is 0.311 e. The maximum absolute atomic E-state index is 12.4. The Balaban J connectivity index is 1.66. The van der Waals surface area contributed by atoms with Gasteiger partial charge in [0.2, 0.25) is 0 Å². The number of hydrogen-bond acceptors (Lipinski definition) is 5. The zero-order valence-corrected chi connectivity index (χ0v) is 14.2. The number of ether oxygens (including phenoxy) is 2. The fourth-order valence-electron chi connectivity index (χ4n) is 2.79. The van der Waals surface area contributed by atoms with Gasteiger partial charge in [0.15, 0.2) is 0 Å². The van der Waals surface area contributed by atoms with Crippen LogP contribution in [0, 0.1) is 5.41 Å². The molecule has 2 aromatic rings. The minimum atomic E-state index is -0.994. The van der Waals surface area contributed by atoms with Gasteiger partial charge in [-0.1, -0.05) is 18.2 Å². The molecule has 2 N–H and O–H groups in total. The molecule has 1 fully saturated rings. The number of carbonyl (C=O) groups excluding carboxylic acids is 1. The molecule has 26 heavy (non-hydrogen) atoms. The van der Waals surface area contributed by atoms with Gasteiger partial charge in [-0.2, -0.15) is 0 Å². The number of para-hydroxylation sites is 1. The van der Waals surface area contributed by atoms with Crippen molar-refractivity contribution < 1.29 is 24.2 Å². The number of pyridine rings is 1. The van der Waals surface area contributed by atoms with Crippen molar-refractivity contribution in [2.24, 2.45) is 5.41 Å². The van der Waals surface area contributed by atoms with Gasteiger partial charge in [-0.25, -0.2) is 0 Å². The summed E-state index contributed by atoms with van der Waals surface area (Å²) in [6, 6.07) is 12.4. The van der Waals surface area contributed by atoms with Crippen molar-refractivity contribution >= 4 is 11.9 Å². The van der Waals surface area contributed by atoms with Crippen LogP contribution in [0.25, 0.3) is 0 Å². The van der Waals surface area contributed by atoms with Crippen LogP contribution in [0.1, 0.15) is 23.3 Å². The number of benzene rings is 1. The summed E-state index contributed by atoms with van der Waals surface area (Å²) in [5.41, 5.74) is -0.822. The van der Waals surface area contributed by atoms with Gasteiger partial charge in [-0.15, -0.1) is 0 Å². The van der Waals surface area contributed by atoms with Gasteiger partial charge in [0.05, 0.1) is 5.41 Å². The molecule has 136 valence electrons. The van der Waals surface area contributed by atoms with E-state index in [1.54, 1.807) is 6.07 Å². The first-order chi connectivity index (χ1) is 12.6. The van der Waals surface area contributed by atoms with E-state index in [2.05, 4.69) is 10.3 Å². The predicted molar refractivity (Wildman–Crippen MR) is 93.2 cm³/mol. The van der Waals surface area contributed by atoms with E-state index < -0.39 is 17.3 Å². The van der Waals surface area contributed by atoms with Crippen LogP contribution in [0.5, 0.6) is 11.5 Å². The third-order valence-electron chi connectivity index (χ3n) is 4.43. The second kappa shape index (κ2) is 7.97. The van der Waals surface area contributed by atoms with Crippen LogP contribution in [0.2, 0.25) is 0 Å². The van der Waals surface area contributed by atoms with E-state index in [-0.39, 0.29) is 12.2 Å². The topological polar surface area (TPSA) is 97.8 Å². The number of aromatic nitrogens is 1. The van der Waals surface area contributed by atoms with E-state index in [4.69, 9.17) is 9.47 Å². The second-order valence-corrected chi connectivity index (χ2v) is 6.17. The molecule has 1 amide bonds. The molecule has 1 aliphatic heterocycles. The number of nitrogens with zero attached hydrogens (tertiary/aromatic N) is 1. The Morgan fingerprint density at radius 3 is 2.58 bits per heavy atom. The van der Waals surface area contributed by atoms with Crippen molar-refractivity contribution in [3.05, 3.63) is 54.4 Å². The summed E-state index contributed by atoms with van der Waals surface area (Å²) >= 11 is 0. The molecule has 7 heteroatoms. The standard InChI is InChI=1S/C19H20N2O5/c22-17(21-13-19(18(23)24)7-10-25-11-8-19)16-12-15(6-9-20-16)26-14-4-2-1-3-5-14/h1-6,9,12H,7-8,10-11,13H2,(H,21,22)(H,23,24). The fraction of sp³-hybridized carbons (Fsp3) is 0.316. The highest BCUT2D eigenvalue weighted by Crippen LogP contribution is 2.30. The molecular formula is C19H20N2O5. The largest absolute Gasteiger partial charge is 0.481 e. The molecule has 0 saturated carbocycles. The molecule has 7 nitrogen and oxygen atoms in total. The number of carboxylic acid groups (broad SMARTS) is 1. The summed E-state index contributed by atoms with van der Waals surface area (Å²) in [6.45, 7) is 0.789. The lowest BCUT2D eigenvalue weighted by atomic mass is 9.80. The number of nitrogens with one attached hydrogen (secondary N) is 1. The van der Waals surface area contributed by atoms with Gasteiger partial charge in [0.1, 0.15) is 17.2 Å². The number of carbonyl (C=O) groups is 2. The predicted octanol–water partition coefficient (Wildman–Crippen LogP) is 2.49. The van der Waals surface area contributed by atoms with Crippen molar-refractivity contribution in [2.45, 2.75) is 12.8 Å². The quantitative estimate of drug-likeness (QED) is 0.825. The second-order valence-electron chi connectivity index (χ2n) is 6.17.